The average Bonchev–Trinajstić information content (AvgIpc) is 2.70. The van der Waals surface area contributed by atoms with Gasteiger partial charge < -0.3 is 20.7 Å². The topological polar surface area (TPSA) is 129 Å². The summed E-state index contributed by atoms with van der Waals surface area (Å²) < 4.78 is 6.92. The molecule has 0 aliphatic carbocycles. The molecule has 0 aliphatic rings. The van der Waals surface area contributed by atoms with Gasteiger partial charge in [0.15, 0.2) is 5.69 Å². The highest BCUT2D eigenvalue weighted by atomic mass is 35.5. The van der Waals surface area contributed by atoms with Gasteiger partial charge in [0, 0.05) is 42.9 Å². The summed E-state index contributed by atoms with van der Waals surface area (Å²) in [5.41, 5.74) is 4.63. The number of ether oxygens (including phenoxy) is 1. The van der Waals surface area contributed by atoms with Crippen molar-refractivity contribution in [1.29, 1.82) is 0 Å². The molecule has 0 unspecified atom stereocenters. The van der Waals surface area contributed by atoms with Crippen LogP contribution in [-0.2, 0) is 27.4 Å². The van der Waals surface area contributed by atoms with E-state index in [-0.39, 0.29) is 31.2 Å². The van der Waals surface area contributed by atoms with E-state index in [2.05, 4.69) is 5.32 Å². The maximum Gasteiger partial charge on any atom is 0.333 e. The van der Waals surface area contributed by atoms with Crippen LogP contribution in [0.15, 0.2) is 27.8 Å². The van der Waals surface area contributed by atoms with Gasteiger partial charge in [-0.1, -0.05) is 30.1 Å². The number of carbonyl (C=O) groups excluding carboxylic acids is 2. The minimum absolute atomic E-state index is 0.0445. The third-order valence-corrected chi connectivity index (χ3v) is 4.94. The van der Waals surface area contributed by atoms with Crippen LogP contribution >= 0.6 is 23.2 Å². The largest absolute Gasteiger partial charge is 0.383 e. The van der Waals surface area contributed by atoms with Gasteiger partial charge in [0.25, 0.3) is 5.56 Å². The summed E-state index contributed by atoms with van der Waals surface area (Å²) in [5.74, 6) is -1.27. The summed E-state index contributed by atoms with van der Waals surface area (Å²) in [5, 5.41) is 3.16. The molecule has 12 heteroatoms. The van der Waals surface area contributed by atoms with Gasteiger partial charge in [-0.3, -0.25) is 19.0 Å². The first kappa shape index (κ1) is 25.4. The smallest absolute Gasteiger partial charge is 0.333 e. The van der Waals surface area contributed by atoms with Crippen molar-refractivity contribution in [1.82, 2.24) is 9.13 Å². The van der Waals surface area contributed by atoms with E-state index in [1.807, 2.05) is 6.92 Å². The van der Waals surface area contributed by atoms with Crippen molar-refractivity contribution in [2.75, 3.05) is 36.2 Å². The van der Waals surface area contributed by atoms with E-state index < -0.39 is 29.6 Å². The molecule has 0 saturated heterocycles. The third-order valence-electron chi connectivity index (χ3n) is 4.51. The molecule has 1 aromatic carbocycles. The van der Waals surface area contributed by atoms with Gasteiger partial charge >= 0.3 is 5.69 Å². The van der Waals surface area contributed by atoms with Gasteiger partial charge in [-0.25, -0.2) is 9.36 Å². The summed E-state index contributed by atoms with van der Waals surface area (Å²) >= 11 is 11.9. The van der Waals surface area contributed by atoms with E-state index in [1.165, 1.54) is 36.8 Å². The SMILES string of the molecule is CCCn1c(N)c(N(CCOC)C(C)=O)c(=O)n(CC(=O)Nc2cc(Cl)cc(Cl)c2)c1=O. The first-order chi connectivity index (χ1) is 15.1. The molecule has 2 aromatic rings. The van der Waals surface area contributed by atoms with E-state index in [0.29, 0.717) is 22.2 Å². The number of anilines is 3. The van der Waals surface area contributed by atoms with Crippen molar-refractivity contribution >= 4 is 52.2 Å². The number of halogens is 2. The van der Waals surface area contributed by atoms with Crippen molar-refractivity contribution in [3.63, 3.8) is 0 Å². The Morgan fingerprint density at radius 2 is 1.78 bits per heavy atom. The second kappa shape index (κ2) is 11.2. The van der Waals surface area contributed by atoms with Crippen LogP contribution in [-0.4, -0.2) is 41.2 Å². The number of methoxy groups -OCH3 is 1. The van der Waals surface area contributed by atoms with Crippen molar-refractivity contribution in [3.05, 3.63) is 49.1 Å². The molecule has 1 heterocycles. The molecule has 3 N–H and O–H groups in total. The lowest BCUT2D eigenvalue weighted by molar-refractivity contribution is -0.117. The number of hydrogen-bond acceptors (Lipinski definition) is 6. The van der Waals surface area contributed by atoms with Crippen LogP contribution in [0.5, 0.6) is 0 Å². The van der Waals surface area contributed by atoms with Crippen molar-refractivity contribution in [2.45, 2.75) is 33.4 Å². The van der Waals surface area contributed by atoms with Crippen molar-refractivity contribution < 1.29 is 14.3 Å². The van der Waals surface area contributed by atoms with Crippen LogP contribution in [0.4, 0.5) is 17.2 Å². The van der Waals surface area contributed by atoms with Crippen LogP contribution in [0.3, 0.4) is 0 Å². The summed E-state index contributed by atoms with van der Waals surface area (Å²) in [4.78, 5) is 52.1. The zero-order valence-corrected chi connectivity index (χ0v) is 19.5. The fourth-order valence-electron chi connectivity index (χ4n) is 3.11. The monoisotopic (exact) mass is 485 g/mol. The molecule has 0 bridgehead atoms. The number of nitrogen functional groups attached to an aromatic ring is 1. The molecule has 32 heavy (non-hydrogen) atoms. The van der Waals surface area contributed by atoms with Gasteiger partial charge in [-0.15, -0.1) is 0 Å². The van der Waals surface area contributed by atoms with Gasteiger partial charge in [-0.05, 0) is 24.6 Å². The quantitative estimate of drug-likeness (QED) is 0.558. The van der Waals surface area contributed by atoms with E-state index in [1.54, 1.807) is 0 Å². The Morgan fingerprint density at radius 1 is 1.16 bits per heavy atom. The number of benzene rings is 1. The van der Waals surface area contributed by atoms with Crippen LogP contribution in [0, 0.1) is 0 Å². The van der Waals surface area contributed by atoms with E-state index in [0.717, 1.165) is 9.47 Å². The Labute approximate surface area is 194 Å². The first-order valence-electron chi connectivity index (χ1n) is 9.76. The summed E-state index contributed by atoms with van der Waals surface area (Å²) in [6, 6.07) is 4.44. The van der Waals surface area contributed by atoms with Gasteiger partial charge in [0.05, 0.1) is 6.61 Å². The third kappa shape index (κ3) is 5.90. The number of nitrogens with one attached hydrogen (secondary N) is 1. The normalized spacial score (nSPS) is 10.8. The van der Waals surface area contributed by atoms with E-state index >= 15 is 0 Å². The van der Waals surface area contributed by atoms with Crippen LogP contribution in [0.1, 0.15) is 20.3 Å². The van der Waals surface area contributed by atoms with Crippen LogP contribution in [0.2, 0.25) is 10.0 Å². The zero-order valence-electron chi connectivity index (χ0n) is 18.0. The molecule has 0 atom stereocenters. The maximum absolute atomic E-state index is 13.2. The lowest BCUT2D eigenvalue weighted by Gasteiger charge is -2.24. The standard InChI is InChI=1S/C20H25Cl2N5O5/c1-4-5-26-18(23)17(25(12(2)28)6-7-32-3)19(30)27(20(26)31)11-16(29)24-15-9-13(21)8-14(22)10-15/h8-10H,4-7,11,23H2,1-3H3,(H,24,29). The molecule has 0 aliphatic heterocycles. The Morgan fingerprint density at radius 3 is 2.31 bits per heavy atom. The highest BCUT2D eigenvalue weighted by molar-refractivity contribution is 6.35. The molecule has 10 nitrogen and oxygen atoms in total. The Kier molecular flexibility index (Phi) is 8.88. The first-order valence-corrected chi connectivity index (χ1v) is 10.5. The molecule has 2 amide bonds. The van der Waals surface area contributed by atoms with Crippen molar-refractivity contribution in [3.8, 4) is 0 Å². The maximum atomic E-state index is 13.2. The molecule has 1 aromatic heterocycles. The Balaban J connectivity index is 2.54. The molecular weight excluding hydrogens is 461 g/mol. The van der Waals surface area contributed by atoms with Gasteiger partial charge in [0.2, 0.25) is 11.8 Å². The number of rotatable bonds is 9. The van der Waals surface area contributed by atoms with Crippen molar-refractivity contribution in [2.24, 2.45) is 0 Å². The van der Waals surface area contributed by atoms with E-state index in [4.69, 9.17) is 33.7 Å². The fraction of sp³-hybridized carbons (Fsp3) is 0.400. The summed E-state index contributed by atoms with van der Waals surface area (Å²) in [6.07, 6.45) is 0.535. The number of carbonyl (C=O) groups is 2. The average molecular weight is 486 g/mol. The predicted molar refractivity (Wildman–Crippen MR) is 125 cm³/mol. The van der Waals surface area contributed by atoms with Gasteiger partial charge in [0.1, 0.15) is 12.4 Å². The highest BCUT2D eigenvalue weighted by Crippen LogP contribution is 2.22. The molecular formula is C20H25Cl2N5O5. The minimum Gasteiger partial charge on any atom is -0.383 e. The molecule has 0 radical (unpaired) electrons. The Hall–Kier alpha value is -2.82. The molecule has 2 rings (SSSR count). The predicted octanol–water partition coefficient (Wildman–Crippen LogP) is 1.95. The van der Waals surface area contributed by atoms with Gasteiger partial charge in [-0.2, -0.15) is 0 Å². The van der Waals surface area contributed by atoms with Crippen LogP contribution in [0.25, 0.3) is 0 Å². The minimum atomic E-state index is -0.856. The number of hydrogen-bond donors (Lipinski definition) is 2. The molecule has 0 saturated carbocycles. The lowest BCUT2D eigenvalue weighted by Crippen LogP contribution is -2.48. The number of nitrogens with two attached hydrogens (primary N) is 1. The Bertz CT molecular complexity index is 1110. The number of amides is 2. The highest BCUT2D eigenvalue weighted by Gasteiger charge is 2.25. The van der Waals surface area contributed by atoms with E-state index in [9.17, 15) is 19.2 Å². The summed E-state index contributed by atoms with van der Waals surface area (Å²) in [7, 11) is 1.45. The fourth-order valence-corrected chi connectivity index (χ4v) is 3.64. The number of nitrogens with zero attached hydrogens (tertiary/aromatic N) is 3. The molecule has 0 spiro atoms. The second-order valence-electron chi connectivity index (χ2n) is 6.93. The second-order valence-corrected chi connectivity index (χ2v) is 7.80. The number of aromatic nitrogens is 2. The summed E-state index contributed by atoms with van der Waals surface area (Å²) in [6.45, 7) is 2.87. The lowest BCUT2D eigenvalue weighted by atomic mass is 10.3. The van der Waals surface area contributed by atoms with Crippen LogP contribution < -0.4 is 27.2 Å². The molecule has 0 fully saturated rings. The zero-order chi connectivity index (χ0) is 24.0. The molecule has 174 valence electrons.